The van der Waals surface area contributed by atoms with Crippen LogP contribution >= 0.6 is 0 Å². The minimum atomic E-state index is -1.12. The summed E-state index contributed by atoms with van der Waals surface area (Å²) < 4.78 is 17.9. The normalized spacial score (nSPS) is 24.6. The molecule has 3 heterocycles. The molecule has 2 aromatic carbocycles. The first kappa shape index (κ1) is 31.5. The maximum absolute atomic E-state index is 12.8. The number of aromatic nitrogens is 3. The summed E-state index contributed by atoms with van der Waals surface area (Å²) in [6.45, 7) is 7.22. The van der Waals surface area contributed by atoms with E-state index >= 15 is 0 Å². The van der Waals surface area contributed by atoms with E-state index in [0.717, 1.165) is 61.4 Å². The molecule has 13 heteroatoms. The van der Waals surface area contributed by atoms with Crippen molar-refractivity contribution in [2.24, 2.45) is 5.92 Å². The molecule has 5 rings (SSSR count). The second kappa shape index (κ2) is 14.7. The van der Waals surface area contributed by atoms with E-state index < -0.39 is 36.4 Å². The lowest BCUT2D eigenvalue weighted by Crippen LogP contribution is -2.55. The van der Waals surface area contributed by atoms with Crippen LogP contribution in [0.4, 0.5) is 5.69 Å². The van der Waals surface area contributed by atoms with E-state index in [0.29, 0.717) is 5.69 Å². The molecule has 0 spiro atoms. The van der Waals surface area contributed by atoms with Gasteiger partial charge in [-0.05, 0) is 40.6 Å². The highest BCUT2D eigenvalue weighted by Crippen LogP contribution is 2.27. The van der Waals surface area contributed by atoms with Gasteiger partial charge in [-0.3, -0.25) is 9.69 Å². The number of anilines is 1. The van der Waals surface area contributed by atoms with Crippen LogP contribution in [0.25, 0.3) is 16.8 Å². The molecule has 0 bridgehead atoms. The van der Waals surface area contributed by atoms with Crippen molar-refractivity contribution in [3.05, 3.63) is 59.4 Å². The standard InChI is InChI=1S/C31H39N7O6/c1-20-28(39)29(40)27(44-31(20)42-2)19-38-18-26(35-36-38)17-34-30(41)24(16-32)14-21-3-4-23-15-25(6-5-22(23)13-21)33-7-8-37-9-11-43-12-10-37/h3-6,13-15,18,20,27-29,31,33,39-40H,7-12,17,19H2,1-2H3,(H,34,41)/b24-14+/t20-,27-,28-,29-,31+/m1/s1. The van der Waals surface area contributed by atoms with Gasteiger partial charge in [-0.2, -0.15) is 5.26 Å². The van der Waals surface area contributed by atoms with Crippen molar-refractivity contribution in [3.8, 4) is 6.07 Å². The van der Waals surface area contributed by atoms with Crippen LogP contribution in [0.15, 0.2) is 48.2 Å². The number of nitrogens with one attached hydrogen (secondary N) is 2. The Labute approximate surface area is 256 Å². The molecule has 234 valence electrons. The van der Waals surface area contributed by atoms with Gasteiger partial charge in [-0.25, -0.2) is 4.68 Å². The smallest absolute Gasteiger partial charge is 0.262 e. The monoisotopic (exact) mass is 605 g/mol. The third-order valence-electron chi connectivity index (χ3n) is 8.02. The van der Waals surface area contributed by atoms with Crippen molar-refractivity contribution in [1.29, 1.82) is 5.26 Å². The van der Waals surface area contributed by atoms with E-state index in [1.807, 2.05) is 36.4 Å². The molecule has 2 saturated heterocycles. The maximum Gasteiger partial charge on any atom is 0.262 e. The van der Waals surface area contributed by atoms with Crippen LogP contribution in [0.2, 0.25) is 0 Å². The fourth-order valence-corrected chi connectivity index (χ4v) is 5.41. The molecule has 0 radical (unpaired) electrons. The molecule has 1 aromatic heterocycles. The number of methoxy groups -OCH3 is 1. The first-order chi connectivity index (χ1) is 21.3. The van der Waals surface area contributed by atoms with E-state index in [1.165, 1.54) is 11.8 Å². The van der Waals surface area contributed by atoms with Crippen molar-refractivity contribution >= 4 is 28.4 Å². The molecule has 4 N–H and O–H groups in total. The van der Waals surface area contributed by atoms with Gasteiger partial charge in [-0.15, -0.1) is 5.10 Å². The van der Waals surface area contributed by atoms with E-state index in [-0.39, 0.29) is 18.7 Å². The summed E-state index contributed by atoms with van der Waals surface area (Å²) >= 11 is 0. The summed E-state index contributed by atoms with van der Waals surface area (Å²) in [7, 11) is 1.48. The zero-order chi connectivity index (χ0) is 31.1. The molecule has 3 aromatic rings. The average molecular weight is 606 g/mol. The molecule has 2 aliphatic rings. The minimum absolute atomic E-state index is 0.0365. The SMILES string of the molecule is CO[C@H]1O[C@H](Cn2cc(CNC(=O)/C(C#N)=C/c3ccc4cc(NCCN5CCOCC5)ccc4c3)nn2)[C@@H](O)[C@H](O)[C@H]1C. The Hall–Kier alpha value is -3.90. The Bertz CT molecular complexity index is 1500. The van der Waals surface area contributed by atoms with E-state index in [2.05, 4.69) is 31.9 Å². The molecule has 0 saturated carbocycles. The zero-order valence-corrected chi connectivity index (χ0v) is 24.9. The first-order valence-electron chi connectivity index (χ1n) is 14.8. The number of nitrogens with zero attached hydrogens (tertiary/aromatic N) is 5. The fourth-order valence-electron chi connectivity index (χ4n) is 5.41. The molecule has 2 fully saturated rings. The van der Waals surface area contributed by atoms with Crippen LogP contribution in [0, 0.1) is 17.2 Å². The summed E-state index contributed by atoms with van der Waals surface area (Å²) in [6, 6.07) is 13.9. The summed E-state index contributed by atoms with van der Waals surface area (Å²) in [4.78, 5) is 15.2. The number of fused-ring (bicyclic) bond motifs is 1. The van der Waals surface area contributed by atoms with Crippen molar-refractivity contribution < 1.29 is 29.2 Å². The Morgan fingerprint density at radius 2 is 1.95 bits per heavy atom. The third-order valence-corrected chi connectivity index (χ3v) is 8.02. The summed E-state index contributed by atoms with van der Waals surface area (Å²) in [5.74, 6) is -0.927. The van der Waals surface area contributed by atoms with E-state index in [1.54, 1.807) is 19.2 Å². The largest absolute Gasteiger partial charge is 0.390 e. The highest BCUT2D eigenvalue weighted by molar-refractivity contribution is 6.02. The molecule has 5 atom stereocenters. The van der Waals surface area contributed by atoms with Crippen molar-refractivity contribution in [1.82, 2.24) is 25.2 Å². The van der Waals surface area contributed by atoms with Gasteiger partial charge in [0.15, 0.2) is 6.29 Å². The van der Waals surface area contributed by atoms with Crippen LogP contribution < -0.4 is 10.6 Å². The van der Waals surface area contributed by atoms with Gasteiger partial charge in [0, 0.05) is 44.9 Å². The van der Waals surface area contributed by atoms with Crippen molar-refractivity contribution in [2.75, 3.05) is 51.8 Å². The van der Waals surface area contributed by atoms with Gasteiger partial charge >= 0.3 is 0 Å². The van der Waals surface area contributed by atoms with Crippen LogP contribution in [-0.4, -0.2) is 107 Å². The molecule has 1 amide bonds. The van der Waals surface area contributed by atoms with Crippen LogP contribution in [0.5, 0.6) is 0 Å². The van der Waals surface area contributed by atoms with Gasteiger partial charge in [-0.1, -0.05) is 30.3 Å². The highest BCUT2D eigenvalue weighted by atomic mass is 16.7. The molecule has 0 unspecified atom stereocenters. The fraction of sp³-hybridized carbons (Fsp3) is 0.484. The number of carbonyl (C=O) groups excluding carboxylic acids is 1. The predicted molar refractivity (Wildman–Crippen MR) is 162 cm³/mol. The van der Waals surface area contributed by atoms with Gasteiger partial charge in [0.2, 0.25) is 0 Å². The second-order valence-corrected chi connectivity index (χ2v) is 11.1. The molecule has 2 aliphatic heterocycles. The van der Waals surface area contributed by atoms with Crippen LogP contribution in [-0.2, 0) is 32.1 Å². The quantitative estimate of drug-likeness (QED) is 0.183. The lowest BCUT2D eigenvalue weighted by Gasteiger charge is -2.40. The number of aliphatic hydroxyl groups excluding tert-OH is 2. The van der Waals surface area contributed by atoms with Gasteiger partial charge in [0.25, 0.3) is 5.91 Å². The number of hydrogen-bond acceptors (Lipinski definition) is 11. The summed E-state index contributed by atoms with van der Waals surface area (Å²) in [6.07, 6.45) is -0.386. The number of morpholine rings is 1. The number of nitriles is 1. The number of carbonyl (C=O) groups is 1. The predicted octanol–water partition coefficient (Wildman–Crippen LogP) is 1.13. The van der Waals surface area contributed by atoms with Gasteiger partial charge in [0.1, 0.15) is 29.5 Å². The summed E-state index contributed by atoms with van der Waals surface area (Å²) in [5.41, 5.74) is 2.20. The molecule has 13 nitrogen and oxygen atoms in total. The lowest BCUT2D eigenvalue weighted by atomic mass is 9.92. The zero-order valence-electron chi connectivity index (χ0n) is 24.9. The highest BCUT2D eigenvalue weighted by Gasteiger charge is 2.42. The molecule has 44 heavy (non-hydrogen) atoms. The Morgan fingerprint density at radius 1 is 1.18 bits per heavy atom. The second-order valence-electron chi connectivity index (χ2n) is 11.1. The van der Waals surface area contributed by atoms with Crippen molar-refractivity contribution in [2.45, 2.75) is 44.6 Å². The van der Waals surface area contributed by atoms with Gasteiger partial charge in [0.05, 0.1) is 38.6 Å². The Kier molecular flexibility index (Phi) is 10.5. The van der Waals surface area contributed by atoms with E-state index in [4.69, 9.17) is 14.2 Å². The number of aliphatic hydroxyl groups is 2. The molecular weight excluding hydrogens is 566 g/mol. The molecular formula is C31H39N7O6. The average Bonchev–Trinajstić information content (AvgIpc) is 3.50. The number of ether oxygens (including phenoxy) is 3. The van der Waals surface area contributed by atoms with Gasteiger partial charge < -0.3 is 35.1 Å². The number of rotatable bonds is 11. The number of benzene rings is 2. The lowest BCUT2D eigenvalue weighted by molar-refractivity contribution is -0.272. The third kappa shape index (κ3) is 7.78. The van der Waals surface area contributed by atoms with E-state index in [9.17, 15) is 20.3 Å². The maximum atomic E-state index is 12.8. The van der Waals surface area contributed by atoms with Crippen molar-refractivity contribution in [3.63, 3.8) is 0 Å². The topological polar surface area (TPSA) is 167 Å². The Balaban J connectivity index is 1.14. The van der Waals surface area contributed by atoms with Crippen LogP contribution in [0.1, 0.15) is 18.2 Å². The molecule has 0 aliphatic carbocycles. The number of hydrogen-bond donors (Lipinski definition) is 4. The Morgan fingerprint density at radius 3 is 2.73 bits per heavy atom. The first-order valence-corrected chi connectivity index (χ1v) is 14.8. The van der Waals surface area contributed by atoms with Crippen LogP contribution in [0.3, 0.4) is 0 Å². The minimum Gasteiger partial charge on any atom is -0.390 e. The number of amides is 1. The summed E-state index contributed by atoms with van der Waals surface area (Å²) in [5, 5.41) is 46.7.